The van der Waals surface area contributed by atoms with Crippen molar-refractivity contribution in [1.82, 2.24) is 5.32 Å². The smallest absolute Gasteiger partial charge is 0.237 e. The van der Waals surface area contributed by atoms with E-state index in [9.17, 15) is 4.79 Å². The van der Waals surface area contributed by atoms with E-state index in [1.54, 1.807) is 0 Å². The van der Waals surface area contributed by atoms with Crippen LogP contribution in [0.15, 0.2) is 30.3 Å². The molecule has 0 heterocycles. The number of nitrogens with one attached hydrogen (secondary N) is 1. The largest absolute Gasteiger partial charge is 0.348 e. The van der Waals surface area contributed by atoms with Crippen molar-refractivity contribution >= 4 is 5.91 Å². The molecule has 3 N–H and O–H groups in total. The number of benzene rings is 1. The van der Waals surface area contributed by atoms with Crippen molar-refractivity contribution in [3.05, 3.63) is 35.9 Å². The number of amides is 1. The average molecular weight is 262 g/mol. The highest BCUT2D eigenvalue weighted by atomic mass is 16.2. The van der Waals surface area contributed by atoms with Gasteiger partial charge in [0.15, 0.2) is 0 Å². The number of hydrogen-bond donors (Lipinski definition) is 2. The Bertz CT molecular complexity index is 395. The highest BCUT2D eigenvalue weighted by Gasteiger charge is 2.23. The predicted molar refractivity (Wildman–Crippen MR) is 79.7 cm³/mol. The Hall–Kier alpha value is -1.35. The van der Waals surface area contributed by atoms with Gasteiger partial charge in [-0.3, -0.25) is 4.79 Å². The van der Waals surface area contributed by atoms with Crippen molar-refractivity contribution in [2.24, 2.45) is 11.1 Å². The third-order valence-corrected chi connectivity index (χ3v) is 3.11. The summed E-state index contributed by atoms with van der Waals surface area (Å²) in [6.07, 6.45) is 1.54. The molecule has 0 aromatic heterocycles. The molecule has 2 unspecified atom stereocenters. The summed E-state index contributed by atoms with van der Waals surface area (Å²) in [5, 5.41) is 3.08. The van der Waals surface area contributed by atoms with Gasteiger partial charge in [-0.2, -0.15) is 0 Å². The molecule has 1 aromatic carbocycles. The van der Waals surface area contributed by atoms with E-state index in [-0.39, 0.29) is 17.4 Å². The summed E-state index contributed by atoms with van der Waals surface area (Å²) >= 11 is 0. The summed E-state index contributed by atoms with van der Waals surface area (Å²) < 4.78 is 0. The maximum Gasteiger partial charge on any atom is 0.237 e. The van der Waals surface area contributed by atoms with Gasteiger partial charge in [0.05, 0.1) is 12.1 Å². The number of carbonyl (C=O) groups is 1. The number of hydrogen-bond acceptors (Lipinski definition) is 2. The van der Waals surface area contributed by atoms with Gasteiger partial charge in [-0.1, -0.05) is 58.0 Å². The van der Waals surface area contributed by atoms with Crippen molar-refractivity contribution in [2.75, 3.05) is 0 Å². The van der Waals surface area contributed by atoms with Crippen molar-refractivity contribution in [2.45, 2.75) is 52.6 Å². The van der Waals surface area contributed by atoms with Gasteiger partial charge >= 0.3 is 0 Å². The number of rotatable bonds is 5. The minimum absolute atomic E-state index is 0.0197. The number of carbonyl (C=O) groups excluding carboxylic acids is 1. The quantitative estimate of drug-likeness (QED) is 0.857. The van der Waals surface area contributed by atoms with Gasteiger partial charge in [-0.15, -0.1) is 0 Å². The monoisotopic (exact) mass is 262 g/mol. The van der Waals surface area contributed by atoms with E-state index in [0.717, 1.165) is 12.0 Å². The fourth-order valence-electron chi connectivity index (χ4n) is 2.01. The van der Waals surface area contributed by atoms with Gasteiger partial charge in [0, 0.05) is 0 Å². The molecule has 0 aliphatic heterocycles. The maximum atomic E-state index is 12.0. The van der Waals surface area contributed by atoms with Gasteiger partial charge in [0.2, 0.25) is 5.91 Å². The van der Waals surface area contributed by atoms with Crippen LogP contribution in [0.1, 0.15) is 52.1 Å². The minimum atomic E-state index is -0.425. The Balaban J connectivity index is 2.85. The van der Waals surface area contributed by atoms with Gasteiger partial charge in [-0.25, -0.2) is 0 Å². The SMILES string of the molecule is CCC(N)C(=O)NC(CC(C)(C)C)c1ccccc1. The van der Waals surface area contributed by atoms with E-state index in [2.05, 4.69) is 26.1 Å². The topological polar surface area (TPSA) is 55.1 Å². The fraction of sp³-hybridized carbons (Fsp3) is 0.562. The summed E-state index contributed by atoms with van der Waals surface area (Å²) in [6.45, 7) is 8.45. The molecule has 1 amide bonds. The van der Waals surface area contributed by atoms with Crippen LogP contribution in [0.25, 0.3) is 0 Å². The van der Waals surface area contributed by atoms with Crippen molar-refractivity contribution in [1.29, 1.82) is 0 Å². The molecule has 1 rings (SSSR count). The van der Waals surface area contributed by atoms with E-state index in [0.29, 0.717) is 6.42 Å². The summed E-state index contributed by atoms with van der Waals surface area (Å²) in [5.74, 6) is -0.0689. The third-order valence-electron chi connectivity index (χ3n) is 3.11. The standard InChI is InChI=1S/C16H26N2O/c1-5-13(17)15(19)18-14(11-16(2,3)4)12-9-7-6-8-10-12/h6-10,13-14H,5,11,17H2,1-4H3,(H,18,19). The van der Waals surface area contributed by atoms with E-state index in [4.69, 9.17) is 5.73 Å². The van der Waals surface area contributed by atoms with Crippen LogP contribution >= 0.6 is 0 Å². The Kier molecular flexibility index (Phi) is 5.55. The summed E-state index contributed by atoms with van der Waals surface area (Å²) in [6, 6.07) is 9.67. The summed E-state index contributed by atoms with van der Waals surface area (Å²) in [5.41, 5.74) is 7.07. The first-order valence-corrected chi connectivity index (χ1v) is 6.94. The molecule has 0 saturated heterocycles. The van der Waals surface area contributed by atoms with E-state index >= 15 is 0 Å². The number of nitrogens with two attached hydrogens (primary N) is 1. The van der Waals surface area contributed by atoms with Crippen molar-refractivity contribution < 1.29 is 4.79 Å². The van der Waals surface area contributed by atoms with Crippen LogP contribution < -0.4 is 11.1 Å². The lowest BCUT2D eigenvalue weighted by Crippen LogP contribution is -2.42. The molecule has 3 nitrogen and oxygen atoms in total. The van der Waals surface area contributed by atoms with E-state index in [1.807, 2.05) is 37.3 Å². The highest BCUT2D eigenvalue weighted by molar-refractivity contribution is 5.81. The van der Waals surface area contributed by atoms with Crippen LogP contribution in [-0.2, 0) is 4.79 Å². The Morgan fingerprint density at radius 3 is 2.32 bits per heavy atom. The van der Waals surface area contributed by atoms with Gasteiger partial charge < -0.3 is 11.1 Å². The first-order chi connectivity index (χ1) is 8.83. The second kappa shape index (κ2) is 6.71. The molecule has 2 atom stereocenters. The molecule has 0 aliphatic carbocycles. The van der Waals surface area contributed by atoms with Crippen LogP contribution in [0.3, 0.4) is 0 Å². The fourth-order valence-corrected chi connectivity index (χ4v) is 2.01. The van der Waals surface area contributed by atoms with Crippen LogP contribution in [0.4, 0.5) is 0 Å². The zero-order valence-electron chi connectivity index (χ0n) is 12.4. The molecule has 0 bridgehead atoms. The van der Waals surface area contributed by atoms with E-state index in [1.165, 1.54) is 0 Å². The van der Waals surface area contributed by atoms with Gasteiger partial charge in [0.25, 0.3) is 0 Å². The predicted octanol–water partition coefficient (Wildman–Crippen LogP) is 3.02. The van der Waals surface area contributed by atoms with Crippen molar-refractivity contribution in [3.63, 3.8) is 0 Å². The molecule has 1 aromatic rings. The molecule has 3 heteroatoms. The lowest BCUT2D eigenvalue weighted by atomic mass is 9.85. The van der Waals surface area contributed by atoms with E-state index < -0.39 is 6.04 Å². The lowest BCUT2D eigenvalue weighted by molar-refractivity contribution is -0.123. The molecular formula is C16H26N2O. The summed E-state index contributed by atoms with van der Waals surface area (Å²) in [4.78, 5) is 12.0. The van der Waals surface area contributed by atoms with Crippen LogP contribution in [0.2, 0.25) is 0 Å². The second-order valence-corrected chi connectivity index (χ2v) is 6.25. The van der Waals surface area contributed by atoms with Crippen LogP contribution in [0, 0.1) is 5.41 Å². The Morgan fingerprint density at radius 2 is 1.84 bits per heavy atom. The molecule has 0 radical (unpaired) electrons. The Labute approximate surface area is 116 Å². The molecule has 0 fully saturated rings. The summed E-state index contributed by atoms with van der Waals surface area (Å²) in [7, 11) is 0. The third kappa shape index (κ3) is 5.43. The van der Waals surface area contributed by atoms with Crippen molar-refractivity contribution in [3.8, 4) is 0 Å². The van der Waals surface area contributed by atoms with Crippen LogP contribution in [-0.4, -0.2) is 11.9 Å². The first-order valence-electron chi connectivity index (χ1n) is 6.94. The van der Waals surface area contributed by atoms with Gasteiger partial charge in [0.1, 0.15) is 0 Å². The zero-order valence-corrected chi connectivity index (χ0v) is 12.4. The normalized spacial score (nSPS) is 14.8. The molecular weight excluding hydrogens is 236 g/mol. The second-order valence-electron chi connectivity index (χ2n) is 6.25. The molecule has 106 valence electrons. The van der Waals surface area contributed by atoms with Gasteiger partial charge in [-0.05, 0) is 23.8 Å². The maximum absolute atomic E-state index is 12.0. The minimum Gasteiger partial charge on any atom is -0.348 e. The molecule has 0 spiro atoms. The zero-order chi connectivity index (χ0) is 14.5. The first kappa shape index (κ1) is 15.7. The van der Waals surface area contributed by atoms with Crippen LogP contribution in [0.5, 0.6) is 0 Å². The molecule has 0 aliphatic rings. The Morgan fingerprint density at radius 1 is 1.26 bits per heavy atom. The average Bonchev–Trinajstić information content (AvgIpc) is 2.36. The molecule has 0 saturated carbocycles. The molecule has 19 heavy (non-hydrogen) atoms. The highest BCUT2D eigenvalue weighted by Crippen LogP contribution is 2.29. The lowest BCUT2D eigenvalue weighted by Gasteiger charge is -2.28.